The Labute approximate surface area is 274 Å². The highest BCUT2D eigenvalue weighted by atomic mass is 32.2. The lowest BCUT2D eigenvalue weighted by atomic mass is 10.1. The molecule has 0 spiro atoms. The van der Waals surface area contributed by atoms with Crippen LogP contribution < -0.4 is 0 Å². The molecule has 0 radical (unpaired) electrons. The minimum atomic E-state index is -3.78. The highest BCUT2D eigenvalue weighted by Gasteiger charge is 2.27. The second-order valence-corrected chi connectivity index (χ2v) is 15.0. The Hall–Kier alpha value is -4.94. The third kappa shape index (κ3) is 7.55. The lowest BCUT2D eigenvalue weighted by Gasteiger charge is -2.12. The lowest BCUT2D eigenvalue weighted by Crippen LogP contribution is -2.14. The number of hydrogen-bond donors (Lipinski definition) is 0. The molecule has 0 bridgehead atoms. The fourth-order valence-corrected chi connectivity index (χ4v) is 8.29. The lowest BCUT2D eigenvalue weighted by molar-refractivity contribution is 0.580. The summed E-state index contributed by atoms with van der Waals surface area (Å²) in [6.45, 7) is 0. The molecule has 10 nitrogen and oxygen atoms in total. The fraction of sp³-hybridized carbons (Fsp3) is 0.200. The van der Waals surface area contributed by atoms with Crippen molar-refractivity contribution < 1.29 is 16.8 Å². The Bertz CT molecular complexity index is 1980. The number of aryl methyl sites for hydroxylation is 2. The highest BCUT2D eigenvalue weighted by molar-refractivity contribution is 7.90. The van der Waals surface area contributed by atoms with Crippen LogP contribution >= 0.6 is 0 Å². The van der Waals surface area contributed by atoms with E-state index in [1.165, 1.54) is 0 Å². The molecule has 6 rings (SSSR count). The molecule has 47 heavy (non-hydrogen) atoms. The molecule has 0 saturated heterocycles. The molecule has 0 atom stereocenters. The molecule has 0 amide bonds. The van der Waals surface area contributed by atoms with Gasteiger partial charge in [0, 0.05) is 24.2 Å². The molecule has 0 aliphatic rings. The van der Waals surface area contributed by atoms with E-state index in [4.69, 9.17) is 0 Å². The van der Waals surface area contributed by atoms with Crippen LogP contribution in [0.15, 0.2) is 132 Å². The first kappa shape index (κ1) is 32.0. The molecule has 12 heteroatoms. The Morgan fingerprint density at radius 3 is 1.13 bits per heavy atom. The van der Waals surface area contributed by atoms with E-state index in [9.17, 15) is 16.8 Å². The quantitative estimate of drug-likeness (QED) is 0.134. The van der Waals surface area contributed by atoms with Crippen LogP contribution in [0.1, 0.15) is 42.0 Å². The summed E-state index contributed by atoms with van der Waals surface area (Å²) in [4.78, 5) is 0. The normalized spacial score (nSPS) is 11.9. The SMILES string of the molecule is O=S(=O)(Cc1ccccc1)c1nnc(CCCCCc2nnc(S(=O)(=O)Cc3ccccc3)n2-c2ccccc2)n1-c1ccccc1. The zero-order chi connectivity index (χ0) is 32.7. The Morgan fingerprint density at radius 1 is 0.426 bits per heavy atom. The van der Waals surface area contributed by atoms with Crippen LogP contribution in [0.25, 0.3) is 11.4 Å². The van der Waals surface area contributed by atoms with Crippen molar-refractivity contribution in [2.45, 2.75) is 53.9 Å². The third-order valence-corrected chi connectivity index (χ3v) is 10.8. The van der Waals surface area contributed by atoms with Crippen LogP contribution in [0, 0.1) is 0 Å². The summed E-state index contributed by atoms with van der Waals surface area (Å²) in [6, 6.07) is 36.6. The molecule has 6 aromatic rings. The molecule has 0 saturated carbocycles. The largest absolute Gasteiger partial charge is 0.270 e. The van der Waals surface area contributed by atoms with Crippen LogP contribution in [0.4, 0.5) is 0 Å². The fourth-order valence-electron chi connectivity index (χ4n) is 5.46. The van der Waals surface area contributed by atoms with Gasteiger partial charge in [0.1, 0.15) is 11.6 Å². The van der Waals surface area contributed by atoms with Crippen LogP contribution in [-0.4, -0.2) is 46.4 Å². The van der Waals surface area contributed by atoms with E-state index in [0.717, 1.165) is 6.42 Å². The Kier molecular flexibility index (Phi) is 9.69. The molecule has 0 fully saturated rings. The van der Waals surface area contributed by atoms with Crippen LogP contribution in [-0.2, 0) is 44.0 Å². The molecule has 2 heterocycles. The summed E-state index contributed by atoms with van der Waals surface area (Å²) in [5.41, 5.74) is 2.71. The van der Waals surface area contributed by atoms with Gasteiger partial charge in [0.2, 0.25) is 19.7 Å². The van der Waals surface area contributed by atoms with E-state index < -0.39 is 19.7 Å². The van der Waals surface area contributed by atoms with Crippen molar-refractivity contribution in [3.63, 3.8) is 0 Å². The number of rotatable bonds is 14. The summed E-state index contributed by atoms with van der Waals surface area (Å²) in [7, 11) is -7.56. The van der Waals surface area contributed by atoms with Gasteiger partial charge in [0.15, 0.2) is 0 Å². The number of nitrogens with zero attached hydrogens (tertiary/aromatic N) is 6. The van der Waals surface area contributed by atoms with E-state index in [-0.39, 0.29) is 21.8 Å². The average molecular weight is 667 g/mol. The van der Waals surface area contributed by atoms with Gasteiger partial charge in [-0.15, -0.1) is 20.4 Å². The van der Waals surface area contributed by atoms with Gasteiger partial charge in [-0.3, -0.25) is 9.13 Å². The van der Waals surface area contributed by atoms with E-state index in [2.05, 4.69) is 20.4 Å². The van der Waals surface area contributed by atoms with Crippen LogP contribution in [0.5, 0.6) is 0 Å². The van der Waals surface area contributed by atoms with Crippen LogP contribution in [0.3, 0.4) is 0 Å². The maximum absolute atomic E-state index is 13.5. The summed E-state index contributed by atoms with van der Waals surface area (Å²) >= 11 is 0. The summed E-state index contributed by atoms with van der Waals surface area (Å²) in [5.74, 6) is 0.766. The van der Waals surface area contributed by atoms with Gasteiger partial charge < -0.3 is 0 Å². The molecule has 240 valence electrons. The summed E-state index contributed by atoms with van der Waals surface area (Å²) < 4.78 is 57.2. The minimum Gasteiger partial charge on any atom is -0.270 e. The number of aromatic nitrogens is 6. The molecular formula is C35H34N6O4S2. The van der Waals surface area contributed by atoms with E-state index in [1.807, 2.05) is 97.1 Å². The molecule has 4 aromatic carbocycles. The predicted molar refractivity (Wildman–Crippen MR) is 179 cm³/mol. The zero-order valence-electron chi connectivity index (χ0n) is 25.6. The van der Waals surface area contributed by atoms with Gasteiger partial charge in [-0.1, -0.05) is 103 Å². The minimum absolute atomic E-state index is 0.0808. The summed E-state index contributed by atoms with van der Waals surface area (Å²) in [6.07, 6.45) is 3.20. The van der Waals surface area contributed by atoms with Crippen molar-refractivity contribution in [3.05, 3.63) is 144 Å². The maximum Gasteiger partial charge on any atom is 0.254 e. The Balaban J connectivity index is 1.17. The number of sulfone groups is 2. The number of unbranched alkanes of at least 4 members (excludes halogenated alkanes) is 2. The second kappa shape index (κ2) is 14.2. The molecule has 0 aliphatic carbocycles. The smallest absolute Gasteiger partial charge is 0.254 e. The molecule has 0 unspecified atom stereocenters. The van der Waals surface area contributed by atoms with Crippen molar-refractivity contribution in [1.29, 1.82) is 0 Å². The zero-order valence-corrected chi connectivity index (χ0v) is 27.3. The van der Waals surface area contributed by atoms with Gasteiger partial charge >= 0.3 is 0 Å². The van der Waals surface area contributed by atoms with Crippen molar-refractivity contribution >= 4 is 19.7 Å². The third-order valence-electron chi connectivity index (χ3n) is 7.69. The van der Waals surface area contributed by atoms with E-state index in [1.54, 1.807) is 33.4 Å². The van der Waals surface area contributed by atoms with Crippen molar-refractivity contribution in [3.8, 4) is 11.4 Å². The van der Waals surface area contributed by atoms with Gasteiger partial charge in [-0.05, 0) is 48.2 Å². The molecule has 2 aromatic heterocycles. The van der Waals surface area contributed by atoms with Crippen molar-refractivity contribution in [2.24, 2.45) is 0 Å². The van der Waals surface area contributed by atoms with Gasteiger partial charge in [-0.25, -0.2) is 16.8 Å². The monoisotopic (exact) mass is 666 g/mol. The number of para-hydroxylation sites is 2. The highest BCUT2D eigenvalue weighted by Crippen LogP contribution is 2.24. The topological polar surface area (TPSA) is 130 Å². The van der Waals surface area contributed by atoms with Crippen molar-refractivity contribution in [1.82, 2.24) is 29.5 Å². The summed E-state index contributed by atoms with van der Waals surface area (Å²) in [5, 5.41) is 16.8. The van der Waals surface area contributed by atoms with E-state index >= 15 is 0 Å². The van der Waals surface area contributed by atoms with Crippen molar-refractivity contribution in [2.75, 3.05) is 0 Å². The molecular weight excluding hydrogens is 633 g/mol. The predicted octanol–water partition coefficient (Wildman–Crippen LogP) is 5.75. The first-order valence-electron chi connectivity index (χ1n) is 15.3. The first-order valence-corrected chi connectivity index (χ1v) is 18.6. The first-order chi connectivity index (χ1) is 22.8. The molecule has 0 N–H and O–H groups in total. The van der Waals surface area contributed by atoms with E-state index in [0.29, 0.717) is 59.8 Å². The van der Waals surface area contributed by atoms with Gasteiger partial charge in [0.05, 0.1) is 11.5 Å². The Morgan fingerprint density at radius 2 is 0.766 bits per heavy atom. The molecule has 0 aliphatic heterocycles. The maximum atomic E-state index is 13.5. The number of benzene rings is 4. The second-order valence-electron chi connectivity index (χ2n) is 11.2. The number of hydrogen-bond acceptors (Lipinski definition) is 8. The van der Waals surface area contributed by atoms with Gasteiger partial charge in [-0.2, -0.15) is 0 Å². The van der Waals surface area contributed by atoms with Crippen LogP contribution in [0.2, 0.25) is 0 Å². The average Bonchev–Trinajstić information content (AvgIpc) is 3.72. The van der Waals surface area contributed by atoms with Gasteiger partial charge in [0.25, 0.3) is 10.3 Å². The standard InChI is InChI=1S/C35H34N6O4S2/c42-46(43,26-28-16-6-1-7-17-28)34-38-36-32(40(34)30-20-10-3-11-21-30)24-14-5-15-25-33-37-39-35(41(33)31-22-12-4-13-23-31)47(44,45)27-29-18-8-2-9-19-29/h1-4,6-13,16-23H,5,14-15,24-27H2.